The first-order valence-corrected chi connectivity index (χ1v) is 7.18. The molecule has 0 aliphatic carbocycles. The predicted octanol–water partition coefficient (Wildman–Crippen LogP) is 3.33. The third kappa shape index (κ3) is 2.34. The molecule has 23 heavy (non-hydrogen) atoms. The number of ether oxygens (including phenoxy) is 1. The van der Waals surface area contributed by atoms with Crippen LogP contribution in [0.15, 0.2) is 53.2 Å². The Hall–Kier alpha value is -3.15. The number of nitrogens with zero attached hydrogens (tertiary/aromatic N) is 2. The zero-order chi connectivity index (χ0) is 15.8. The van der Waals surface area contributed by atoms with Crippen molar-refractivity contribution in [2.24, 2.45) is 0 Å². The Bertz CT molecular complexity index is 871. The number of aromatic nitrogens is 2. The summed E-state index contributed by atoms with van der Waals surface area (Å²) in [4.78, 5) is 11.9. The Kier molecular flexibility index (Phi) is 3.08. The summed E-state index contributed by atoms with van der Waals surface area (Å²) in [7, 11) is 0. The highest BCUT2D eigenvalue weighted by Gasteiger charge is 2.31. The number of hydrogen-bond donors (Lipinski definition) is 1. The minimum Gasteiger partial charge on any atom is -0.434 e. The maximum atomic E-state index is 11.9. The van der Waals surface area contributed by atoms with Crippen molar-refractivity contribution in [2.75, 3.05) is 5.32 Å². The second-order valence-corrected chi connectivity index (χ2v) is 5.34. The number of carbonyl (C=O) groups is 1. The molecule has 0 radical (unpaired) electrons. The molecule has 0 bridgehead atoms. The first kappa shape index (κ1) is 13.5. The van der Waals surface area contributed by atoms with Gasteiger partial charge in [0.15, 0.2) is 5.69 Å². The fourth-order valence-corrected chi connectivity index (χ4v) is 2.56. The van der Waals surface area contributed by atoms with Crippen LogP contribution in [0.1, 0.15) is 27.7 Å². The molecule has 0 saturated carbocycles. The third-order valence-electron chi connectivity index (χ3n) is 3.77. The molecule has 1 unspecified atom stereocenters. The fraction of sp³-hybridized carbons (Fsp3) is 0.118. The number of aryl methyl sites for hydroxylation is 1. The normalized spacial score (nSPS) is 16.0. The lowest BCUT2D eigenvalue weighted by Crippen LogP contribution is -2.11. The van der Waals surface area contributed by atoms with E-state index in [1.807, 2.05) is 43.3 Å². The number of fused-ring (bicyclic) bond motifs is 1. The average Bonchev–Trinajstić information content (AvgIpc) is 3.15. The number of benzene rings is 2. The Morgan fingerprint density at radius 1 is 1.04 bits per heavy atom. The van der Waals surface area contributed by atoms with E-state index in [1.165, 1.54) is 0 Å². The van der Waals surface area contributed by atoms with Crippen LogP contribution in [0.4, 0.5) is 5.82 Å². The Morgan fingerprint density at radius 2 is 1.83 bits per heavy atom. The van der Waals surface area contributed by atoms with Crippen LogP contribution >= 0.6 is 0 Å². The SMILES string of the molecule is Cc1ccc(-c2nonc2NC2OC(=O)c3ccccc32)cc1. The molecule has 4 rings (SSSR count). The van der Waals surface area contributed by atoms with Crippen LogP contribution < -0.4 is 5.32 Å². The molecule has 6 nitrogen and oxygen atoms in total. The summed E-state index contributed by atoms with van der Waals surface area (Å²) < 4.78 is 10.2. The second-order valence-electron chi connectivity index (χ2n) is 5.34. The van der Waals surface area contributed by atoms with Crippen molar-refractivity contribution in [1.82, 2.24) is 10.3 Å². The molecule has 114 valence electrons. The van der Waals surface area contributed by atoms with E-state index in [-0.39, 0.29) is 5.97 Å². The Labute approximate surface area is 132 Å². The van der Waals surface area contributed by atoms with Crippen LogP contribution in [0.3, 0.4) is 0 Å². The molecule has 1 N–H and O–H groups in total. The molecule has 0 fully saturated rings. The van der Waals surface area contributed by atoms with Gasteiger partial charge in [-0.1, -0.05) is 48.0 Å². The number of esters is 1. The third-order valence-corrected chi connectivity index (χ3v) is 3.77. The maximum absolute atomic E-state index is 11.9. The fourth-order valence-electron chi connectivity index (χ4n) is 2.56. The number of anilines is 1. The molecule has 0 saturated heterocycles. The van der Waals surface area contributed by atoms with Gasteiger partial charge in [0.25, 0.3) is 0 Å². The van der Waals surface area contributed by atoms with Crippen LogP contribution in [0.2, 0.25) is 0 Å². The van der Waals surface area contributed by atoms with E-state index in [4.69, 9.17) is 9.37 Å². The Balaban J connectivity index is 1.65. The van der Waals surface area contributed by atoms with Crippen LogP contribution in [0.5, 0.6) is 0 Å². The largest absolute Gasteiger partial charge is 0.434 e. The van der Waals surface area contributed by atoms with Crippen molar-refractivity contribution in [3.8, 4) is 11.3 Å². The number of nitrogens with one attached hydrogen (secondary N) is 1. The van der Waals surface area contributed by atoms with Crippen molar-refractivity contribution >= 4 is 11.8 Å². The molecular formula is C17H13N3O3. The summed E-state index contributed by atoms with van der Waals surface area (Å²) in [6.45, 7) is 2.01. The highest BCUT2D eigenvalue weighted by molar-refractivity contribution is 5.94. The van der Waals surface area contributed by atoms with E-state index in [0.29, 0.717) is 17.1 Å². The van der Waals surface area contributed by atoms with E-state index in [2.05, 4.69) is 15.6 Å². The number of carbonyl (C=O) groups excluding carboxylic acids is 1. The summed E-state index contributed by atoms with van der Waals surface area (Å²) in [6.07, 6.45) is -0.602. The van der Waals surface area contributed by atoms with Gasteiger partial charge in [0, 0.05) is 11.1 Å². The molecule has 1 atom stereocenters. The van der Waals surface area contributed by atoms with Crippen molar-refractivity contribution < 1.29 is 14.2 Å². The highest BCUT2D eigenvalue weighted by atomic mass is 16.6. The van der Waals surface area contributed by atoms with Gasteiger partial charge in [-0.05, 0) is 23.3 Å². The van der Waals surface area contributed by atoms with Gasteiger partial charge in [0.1, 0.15) is 0 Å². The van der Waals surface area contributed by atoms with Crippen LogP contribution in [0.25, 0.3) is 11.3 Å². The van der Waals surface area contributed by atoms with Crippen molar-refractivity contribution in [3.63, 3.8) is 0 Å². The Morgan fingerprint density at radius 3 is 2.65 bits per heavy atom. The molecule has 1 aliphatic rings. The molecular weight excluding hydrogens is 294 g/mol. The highest BCUT2D eigenvalue weighted by Crippen LogP contribution is 2.33. The molecule has 2 aromatic carbocycles. The molecule has 6 heteroatoms. The zero-order valence-corrected chi connectivity index (χ0v) is 12.3. The summed E-state index contributed by atoms with van der Waals surface area (Å²) in [5, 5.41) is 10.9. The van der Waals surface area contributed by atoms with Crippen LogP contribution in [-0.2, 0) is 4.74 Å². The number of hydrogen-bond acceptors (Lipinski definition) is 6. The molecule has 0 amide bonds. The van der Waals surface area contributed by atoms with Crippen molar-refractivity contribution in [2.45, 2.75) is 13.2 Å². The van der Waals surface area contributed by atoms with E-state index in [0.717, 1.165) is 16.7 Å². The van der Waals surface area contributed by atoms with Crippen molar-refractivity contribution in [1.29, 1.82) is 0 Å². The van der Waals surface area contributed by atoms with Gasteiger partial charge < -0.3 is 10.1 Å². The zero-order valence-electron chi connectivity index (χ0n) is 12.3. The van der Waals surface area contributed by atoms with Crippen LogP contribution in [0, 0.1) is 6.92 Å². The lowest BCUT2D eigenvalue weighted by molar-refractivity contribution is 0.0436. The standard InChI is InChI=1S/C17H13N3O3/c1-10-6-8-11(9-7-10)14-15(20-23-19-14)18-16-12-4-2-3-5-13(12)17(21)22-16/h2-9,16H,1H3,(H,18,20). The average molecular weight is 307 g/mol. The molecule has 2 heterocycles. The second kappa shape index (κ2) is 5.24. The first-order valence-electron chi connectivity index (χ1n) is 7.18. The lowest BCUT2D eigenvalue weighted by Gasteiger charge is -2.12. The summed E-state index contributed by atoms with van der Waals surface area (Å²) in [5.74, 6) is 0.0785. The van der Waals surface area contributed by atoms with E-state index in [1.54, 1.807) is 12.1 Å². The smallest absolute Gasteiger partial charge is 0.340 e. The van der Waals surface area contributed by atoms with Gasteiger partial charge >= 0.3 is 5.97 Å². The van der Waals surface area contributed by atoms with E-state index < -0.39 is 6.23 Å². The first-order chi connectivity index (χ1) is 11.2. The molecule has 1 aliphatic heterocycles. The van der Waals surface area contributed by atoms with Crippen molar-refractivity contribution in [3.05, 3.63) is 65.2 Å². The van der Waals surface area contributed by atoms with Crippen LogP contribution in [-0.4, -0.2) is 16.3 Å². The minimum atomic E-state index is -0.602. The monoisotopic (exact) mass is 307 g/mol. The maximum Gasteiger partial charge on any atom is 0.340 e. The number of cyclic esters (lactones) is 1. The molecule has 0 spiro atoms. The van der Waals surface area contributed by atoms with Gasteiger partial charge in [-0.3, -0.25) is 0 Å². The van der Waals surface area contributed by atoms with Gasteiger partial charge in [-0.25, -0.2) is 9.42 Å². The quantitative estimate of drug-likeness (QED) is 0.748. The van der Waals surface area contributed by atoms with Gasteiger partial charge in [-0.2, -0.15) is 0 Å². The minimum absolute atomic E-state index is 0.355. The van der Waals surface area contributed by atoms with E-state index in [9.17, 15) is 4.79 Å². The topological polar surface area (TPSA) is 77.2 Å². The molecule has 1 aromatic heterocycles. The lowest BCUT2D eigenvalue weighted by atomic mass is 10.1. The summed E-state index contributed by atoms with van der Waals surface area (Å²) >= 11 is 0. The van der Waals surface area contributed by atoms with E-state index >= 15 is 0 Å². The summed E-state index contributed by atoms with van der Waals surface area (Å²) in [6, 6.07) is 15.1. The molecule has 3 aromatic rings. The van der Waals surface area contributed by atoms with Gasteiger partial charge in [-0.15, -0.1) is 0 Å². The van der Waals surface area contributed by atoms with Gasteiger partial charge in [0.2, 0.25) is 12.0 Å². The number of rotatable bonds is 3. The summed E-state index contributed by atoms with van der Waals surface area (Å²) in [5.41, 5.74) is 3.93. The predicted molar refractivity (Wildman–Crippen MR) is 82.7 cm³/mol. The van der Waals surface area contributed by atoms with Gasteiger partial charge in [0.05, 0.1) is 5.56 Å².